The Hall–Kier alpha value is -7.16. The lowest BCUT2D eigenvalue weighted by molar-refractivity contribution is 1.30. The van der Waals surface area contributed by atoms with Gasteiger partial charge in [-0.05, 0) is 81.2 Å². The Kier molecular flexibility index (Phi) is 7.85. The van der Waals surface area contributed by atoms with E-state index in [9.17, 15) is 0 Å². The molecule has 0 unspecified atom stereocenters. The Labute approximate surface area is 315 Å². The minimum atomic E-state index is 1.12. The summed E-state index contributed by atoms with van der Waals surface area (Å²) in [6.45, 7) is 0. The summed E-state index contributed by atoms with van der Waals surface area (Å²) < 4.78 is 0. The topological polar surface area (TPSA) is 6.48 Å². The molecule has 10 aromatic rings. The summed E-state index contributed by atoms with van der Waals surface area (Å²) >= 11 is 0. The molecular weight excluding hydrogens is 653 g/mol. The Balaban J connectivity index is 1.24. The van der Waals surface area contributed by atoms with Gasteiger partial charge in [-0.1, -0.05) is 170 Å². The van der Waals surface area contributed by atoms with Gasteiger partial charge in [-0.25, -0.2) is 0 Å². The monoisotopic (exact) mass is 688 g/mol. The first-order valence-electron chi connectivity index (χ1n) is 18.5. The van der Waals surface area contributed by atoms with E-state index in [0.29, 0.717) is 0 Å². The molecule has 254 valence electrons. The van der Waals surface area contributed by atoms with Crippen molar-refractivity contribution in [2.24, 2.45) is 0 Å². The van der Waals surface area contributed by atoms with Crippen molar-refractivity contribution in [3.8, 4) is 22.3 Å². The number of hydrogen-bond donors (Lipinski definition) is 0. The van der Waals surface area contributed by atoms with Crippen LogP contribution in [-0.4, -0.2) is 0 Å². The molecule has 0 aliphatic rings. The minimum Gasteiger partial charge on any atom is -0.309 e. The van der Waals surface area contributed by atoms with Crippen molar-refractivity contribution in [2.75, 3.05) is 9.80 Å². The average Bonchev–Trinajstić information content (AvgIpc) is 3.25. The van der Waals surface area contributed by atoms with Crippen molar-refractivity contribution < 1.29 is 0 Å². The SMILES string of the molecule is c1ccc(-c2ccccc2N(c2ccccc2)c2ccc3ccc4c(N(c5ccccc5)c5ccccc5-c5ccccc5)ccc5ccc2c3c54)cc1. The molecule has 0 fully saturated rings. The third-order valence-electron chi connectivity index (χ3n) is 10.6. The molecule has 0 heterocycles. The molecule has 54 heavy (non-hydrogen) atoms. The zero-order valence-electron chi connectivity index (χ0n) is 29.7. The van der Waals surface area contributed by atoms with Crippen LogP contribution in [0.5, 0.6) is 0 Å². The maximum Gasteiger partial charge on any atom is 0.0540 e. The molecule has 0 aliphatic heterocycles. The number of rotatable bonds is 8. The van der Waals surface area contributed by atoms with Crippen LogP contribution in [0.15, 0.2) is 218 Å². The first kappa shape index (κ1) is 31.6. The highest BCUT2D eigenvalue weighted by Crippen LogP contribution is 2.49. The molecule has 0 spiro atoms. The zero-order chi connectivity index (χ0) is 35.8. The first-order valence-corrected chi connectivity index (χ1v) is 18.5. The largest absolute Gasteiger partial charge is 0.309 e. The van der Waals surface area contributed by atoms with Crippen molar-refractivity contribution in [1.82, 2.24) is 0 Å². The second kappa shape index (κ2) is 13.4. The fraction of sp³-hybridized carbons (Fsp3) is 0. The quantitative estimate of drug-likeness (QED) is 0.147. The number of nitrogens with zero attached hydrogens (tertiary/aromatic N) is 2. The third-order valence-corrected chi connectivity index (χ3v) is 10.6. The van der Waals surface area contributed by atoms with Crippen molar-refractivity contribution >= 4 is 66.4 Å². The molecule has 0 saturated carbocycles. The maximum absolute atomic E-state index is 2.43. The van der Waals surface area contributed by atoms with E-state index in [2.05, 4.69) is 228 Å². The van der Waals surface area contributed by atoms with Crippen LogP contribution in [0.4, 0.5) is 34.1 Å². The van der Waals surface area contributed by atoms with Gasteiger partial charge in [0.05, 0.1) is 22.7 Å². The standard InChI is InChI=1S/C52H36N2/c1-5-17-37(18-6-1)43-25-13-15-27-47(43)53(41-21-9-3-10-22-41)49-35-31-39-30-34-46-50(36-32-40-29-33-45(49)51(39)52(40)46)54(42-23-11-4-12-24-42)48-28-16-14-26-44(48)38-19-7-2-8-20-38/h1-36H. The second-order valence-corrected chi connectivity index (χ2v) is 13.7. The van der Waals surface area contributed by atoms with Crippen LogP contribution < -0.4 is 9.80 Å². The van der Waals surface area contributed by atoms with Gasteiger partial charge >= 0.3 is 0 Å². The highest BCUT2D eigenvalue weighted by atomic mass is 15.2. The van der Waals surface area contributed by atoms with E-state index in [1.807, 2.05) is 0 Å². The van der Waals surface area contributed by atoms with Crippen molar-refractivity contribution in [3.63, 3.8) is 0 Å². The van der Waals surface area contributed by atoms with Crippen molar-refractivity contribution in [3.05, 3.63) is 218 Å². The van der Waals surface area contributed by atoms with E-state index in [4.69, 9.17) is 0 Å². The third kappa shape index (κ3) is 5.36. The molecule has 0 aliphatic carbocycles. The van der Waals surface area contributed by atoms with Crippen LogP contribution >= 0.6 is 0 Å². The predicted molar refractivity (Wildman–Crippen MR) is 230 cm³/mol. The summed E-state index contributed by atoms with van der Waals surface area (Å²) in [6.07, 6.45) is 0. The summed E-state index contributed by atoms with van der Waals surface area (Å²) in [5.74, 6) is 0. The van der Waals surface area contributed by atoms with Crippen LogP contribution in [0, 0.1) is 0 Å². The zero-order valence-corrected chi connectivity index (χ0v) is 29.7. The summed E-state index contributed by atoms with van der Waals surface area (Å²) in [5.41, 5.74) is 11.5. The van der Waals surface area contributed by atoms with Gasteiger partial charge in [-0.3, -0.25) is 0 Å². The molecule has 0 N–H and O–H groups in total. The molecule has 2 nitrogen and oxygen atoms in total. The fourth-order valence-electron chi connectivity index (χ4n) is 8.19. The van der Waals surface area contributed by atoms with Crippen molar-refractivity contribution in [2.45, 2.75) is 0 Å². The Morgan fingerprint density at radius 2 is 0.574 bits per heavy atom. The second-order valence-electron chi connectivity index (χ2n) is 13.7. The summed E-state index contributed by atoms with van der Waals surface area (Å²) in [5, 5.41) is 7.42. The number of anilines is 6. The van der Waals surface area contributed by atoms with Gasteiger partial charge in [-0.15, -0.1) is 0 Å². The van der Waals surface area contributed by atoms with E-state index in [0.717, 1.165) is 34.1 Å². The van der Waals surface area contributed by atoms with E-state index in [-0.39, 0.29) is 0 Å². The van der Waals surface area contributed by atoms with Gasteiger partial charge in [0.1, 0.15) is 0 Å². The molecule has 0 bridgehead atoms. The highest BCUT2D eigenvalue weighted by Gasteiger charge is 2.24. The molecule has 2 heteroatoms. The van der Waals surface area contributed by atoms with Gasteiger partial charge < -0.3 is 9.80 Å². The Bertz CT molecular complexity index is 2670. The molecule has 10 rings (SSSR count). The number of hydrogen-bond acceptors (Lipinski definition) is 2. The van der Waals surface area contributed by atoms with Crippen LogP contribution in [-0.2, 0) is 0 Å². The smallest absolute Gasteiger partial charge is 0.0540 e. The Morgan fingerprint density at radius 3 is 0.981 bits per heavy atom. The van der Waals surface area contributed by atoms with Crippen LogP contribution in [0.2, 0.25) is 0 Å². The lowest BCUT2D eigenvalue weighted by Crippen LogP contribution is -2.12. The van der Waals surface area contributed by atoms with Gasteiger partial charge in [0.25, 0.3) is 0 Å². The van der Waals surface area contributed by atoms with Crippen molar-refractivity contribution in [1.29, 1.82) is 0 Å². The summed E-state index contributed by atoms with van der Waals surface area (Å²) in [6, 6.07) is 78.8. The molecule has 0 saturated heterocycles. The van der Waals surface area contributed by atoms with E-state index in [1.165, 1.54) is 54.6 Å². The molecule has 0 aromatic heterocycles. The lowest BCUT2D eigenvalue weighted by atomic mass is 9.91. The predicted octanol–water partition coefficient (Wildman–Crippen LogP) is 14.9. The molecule has 10 aromatic carbocycles. The fourth-order valence-corrected chi connectivity index (χ4v) is 8.19. The average molecular weight is 689 g/mol. The maximum atomic E-state index is 2.43. The summed E-state index contributed by atoms with van der Waals surface area (Å²) in [4.78, 5) is 4.86. The van der Waals surface area contributed by atoms with Crippen LogP contribution in [0.25, 0.3) is 54.6 Å². The number of para-hydroxylation sites is 4. The lowest BCUT2D eigenvalue weighted by Gasteiger charge is -2.31. The minimum absolute atomic E-state index is 1.12. The first-order chi connectivity index (χ1) is 26.8. The van der Waals surface area contributed by atoms with E-state index < -0.39 is 0 Å². The molecule has 0 amide bonds. The Morgan fingerprint density at radius 1 is 0.241 bits per heavy atom. The van der Waals surface area contributed by atoms with Gasteiger partial charge in [0.2, 0.25) is 0 Å². The van der Waals surface area contributed by atoms with Crippen LogP contribution in [0.1, 0.15) is 0 Å². The normalized spacial score (nSPS) is 11.3. The highest BCUT2D eigenvalue weighted by molar-refractivity contribution is 6.28. The van der Waals surface area contributed by atoms with Gasteiger partial charge in [0, 0.05) is 33.3 Å². The number of benzene rings is 10. The van der Waals surface area contributed by atoms with Gasteiger partial charge in [0.15, 0.2) is 0 Å². The molecule has 0 radical (unpaired) electrons. The molecular formula is C52H36N2. The van der Waals surface area contributed by atoms with E-state index >= 15 is 0 Å². The summed E-state index contributed by atoms with van der Waals surface area (Å²) in [7, 11) is 0. The van der Waals surface area contributed by atoms with E-state index in [1.54, 1.807) is 0 Å². The molecule has 0 atom stereocenters. The van der Waals surface area contributed by atoms with Gasteiger partial charge in [-0.2, -0.15) is 0 Å². The van der Waals surface area contributed by atoms with Crippen LogP contribution in [0.3, 0.4) is 0 Å².